The van der Waals surface area contributed by atoms with Crippen molar-refractivity contribution in [2.45, 2.75) is 0 Å². The summed E-state index contributed by atoms with van der Waals surface area (Å²) in [5.74, 6) is 0. The topological polar surface area (TPSA) is 9.86 Å². The number of fused-ring (bicyclic) bond motifs is 9. The molecular weight excluding hydrogens is 733 g/mol. The van der Waals surface area contributed by atoms with Crippen LogP contribution in [0.4, 0.5) is 0 Å². The van der Waals surface area contributed by atoms with Crippen molar-refractivity contribution in [3.63, 3.8) is 0 Å². The van der Waals surface area contributed by atoms with Crippen LogP contribution in [0.5, 0.6) is 0 Å². The zero-order valence-corrected chi connectivity index (χ0v) is 32.9. The first-order chi connectivity index (χ1) is 29.2. The number of benzene rings is 9. The Hall–Kier alpha value is -7.46. The molecule has 0 atom stereocenters. The molecule has 0 aliphatic heterocycles. The molecule has 0 saturated carbocycles. The van der Waals surface area contributed by atoms with Crippen LogP contribution in [0.25, 0.3) is 110 Å². The van der Waals surface area contributed by atoms with Crippen molar-refractivity contribution in [3.8, 4) is 33.6 Å². The SMILES string of the molecule is C(=C/c1ccc2c(c1)c1cc(-c3ccccc3)ccc1n2-c1ccc2sc3ccccc3c2c1)/c1ccc2c(c1)c1cc(-c3ccccc3)ccc1n2-c1ccccc1. The predicted molar refractivity (Wildman–Crippen MR) is 254 cm³/mol. The van der Waals surface area contributed by atoms with Crippen LogP contribution in [0.15, 0.2) is 206 Å². The van der Waals surface area contributed by atoms with Crippen molar-refractivity contribution in [2.75, 3.05) is 0 Å². The van der Waals surface area contributed by atoms with Gasteiger partial charge in [-0.2, -0.15) is 0 Å². The van der Waals surface area contributed by atoms with Gasteiger partial charge in [-0.05, 0) is 118 Å². The summed E-state index contributed by atoms with van der Waals surface area (Å²) in [6.07, 6.45) is 4.53. The first-order valence-corrected chi connectivity index (χ1v) is 21.0. The quantitative estimate of drug-likeness (QED) is 0.149. The Bertz CT molecular complexity index is 3590. The van der Waals surface area contributed by atoms with Crippen molar-refractivity contribution in [2.24, 2.45) is 0 Å². The molecule has 0 spiro atoms. The van der Waals surface area contributed by atoms with Crippen LogP contribution in [-0.4, -0.2) is 9.13 Å². The molecular formula is C56H36N2S. The first-order valence-electron chi connectivity index (χ1n) is 20.2. The number of hydrogen-bond donors (Lipinski definition) is 0. The Labute approximate surface area is 345 Å². The minimum Gasteiger partial charge on any atom is -0.309 e. The lowest BCUT2D eigenvalue weighted by molar-refractivity contribution is 1.18. The molecule has 0 unspecified atom stereocenters. The first kappa shape index (κ1) is 33.7. The van der Waals surface area contributed by atoms with Crippen LogP contribution < -0.4 is 0 Å². The predicted octanol–water partition coefficient (Wildman–Crippen LogP) is 15.8. The normalized spacial score (nSPS) is 12.0. The maximum absolute atomic E-state index is 2.44. The number of thiophene rings is 1. The van der Waals surface area contributed by atoms with Crippen molar-refractivity contribution in [1.82, 2.24) is 9.13 Å². The summed E-state index contributed by atoms with van der Waals surface area (Å²) in [4.78, 5) is 0. The largest absolute Gasteiger partial charge is 0.309 e. The highest BCUT2D eigenvalue weighted by atomic mass is 32.1. The Morgan fingerprint density at radius 2 is 0.746 bits per heavy atom. The molecule has 3 heterocycles. The Morgan fingerprint density at radius 3 is 1.32 bits per heavy atom. The van der Waals surface area contributed by atoms with Gasteiger partial charge in [-0.25, -0.2) is 0 Å². The van der Waals surface area contributed by atoms with Crippen molar-refractivity contribution in [3.05, 3.63) is 217 Å². The number of para-hydroxylation sites is 1. The summed E-state index contributed by atoms with van der Waals surface area (Å²) in [5, 5.41) is 7.59. The third kappa shape index (κ3) is 5.62. The molecule has 12 aromatic rings. The highest BCUT2D eigenvalue weighted by Gasteiger charge is 2.17. The third-order valence-electron chi connectivity index (χ3n) is 11.9. The van der Waals surface area contributed by atoms with Crippen LogP contribution in [0, 0.1) is 0 Å². The lowest BCUT2D eigenvalue weighted by atomic mass is 10.0. The summed E-state index contributed by atoms with van der Waals surface area (Å²) >= 11 is 1.86. The summed E-state index contributed by atoms with van der Waals surface area (Å²) in [6, 6.07) is 75.4. The van der Waals surface area contributed by atoms with E-state index in [2.05, 4.69) is 228 Å². The molecule has 2 nitrogen and oxygen atoms in total. The monoisotopic (exact) mass is 768 g/mol. The molecule has 12 rings (SSSR count). The molecule has 276 valence electrons. The highest BCUT2D eigenvalue weighted by molar-refractivity contribution is 7.25. The Kier molecular flexibility index (Phi) is 7.75. The molecule has 0 fully saturated rings. The maximum Gasteiger partial charge on any atom is 0.0541 e. The van der Waals surface area contributed by atoms with Crippen molar-refractivity contribution >= 4 is 87.3 Å². The van der Waals surface area contributed by atoms with E-state index >= 15 is 0 Å². The van der Waals surface area contributed by atoms with E-state index in [0.29, 0.717) is 0 Å². The average Bonchev–Trinajstić information content (AvgIpc) is 3.95. The minimum absolute atomic E-state index is 1.16. The van der Waals surface area contributed by atoms with Crippen LogP contribution in [0.3, 0.4) is 0 Å². The molecule has 0 aliphatic rings. The molecule has 59 heavy (non-hydrogen) atoms. The number of nitrogens with zero attached hydrogens (tertiary/aromatic N) is 2. The van der Waals surface area contributed by atoms with Crippen LogP contribution in [0.1, 0.15) is 11.1 Å². The minimum atomic E-state index is 1.16. The van der Waals surface area contributed by atoms with Crippen molar-refractivity contribution < 1.29 is 0 Å². The maximum atomic E-state index is 2.44. The second-order valence-electron chi connectivity index (χ2n) is 15.4. The van der Waals surface area contributed by atoms with Gasteiger partial charge in [-0.15, -0.1) is 11.3 Å². The van der Waals surface area contributed by atoms with Gasteiger partial charge in [0, 0.05) is 53.1 Å². The Morgan fingerprint density at radius 1 is 0.288 bits per heavy atom. The van der Waals surface area contributed by atoms with Gasteiger partial charge in [0.15, 0.2) is 0 Å². The van der Waals surface area contributed by atoms with Crippen molar-refractivity contribution in [1.29, 1.82) is 0 Å². The zero-order valence-electron chi connectivity index (χ0n) is 32.1. The second-order valence-corrected chi connectivity index (χ2v) is 16.5. The van der Waals surface area contributed by atoms with E-state index < -0.39 is 0 Å². The van der Waals surface area contributed by atoms with Crippen LogP contribution >= 0.6 is 11.3 Å². The van der Waals surface area contributed by atoms with Gasteiger partial charge in [0.05, 0.1) is 22.1 Å². The van der Waals surface area contributed by atoms with E-state index in [9.17, 15) is 0 Å². The lowest BCUT2D eigenvalue weighted by Crippen LogP contribution is -1.93. The lowest BCUT2D eigenvalue weighted by Gasteiger charge is -2.09. The fourth-order valence-corrected chi connectivity index (χ4v) is 10.2. The molecule has 3 aromatic heterocycles. The zero-order chi connectivity index (χ0) is 38.9. The van der Waals surface area contributed by atoms with Gasteiger partial charge in [0.1, 0.15) is 0 Å². The fraction of sp³-hybridized carbons (Fsp3) is 0. The summed E-state index contributed by atoms with van der Waals surface area (Å²) in [5.41, 5.74) is 14.4. The fourth-order valence-electron chi connectivity index (χ4n) is 9.09. The van der Waals surface area contributed by atoms with Gasteiger partial charge in [0.2, 0.25) is 0 Å². The number of hydrogen-bond acceptors (Lipinski definition) is 1. The van der Waals surface area contributed by atoms with Gasteiger partial charge in [-0.1, -0.05) is 133 Å². The smallest absolute Gasteiger partial charge is 0.0541 e. The van der Waals surface area contributed by atoms with E-state index in [1.807, 2.05) is 11.3 Å². The van der Waals surface area contributed by atoms with Crippen LogP contribution in [-0.2, 0) is 0 Å². The average molecular weight is 769 g/mol. The van der Waals surface area contributed by atoms with Gasteiger partial charge >= 0.3 is 0 Å². The molecule has 0 amide bonds. The molecule has 0 bridgehead atoms. The van der Waals surface area contributed by atoms with E-state index in [1.165, 1.54) is 103 Å². The van der Waals surface area contributed by atoms with Gasteiger partial charge in [0.25, 0.3) is 0 Å². The van der Waals surface area contributed by atoms with E-state index in [0.717, 1.165) is 5.69 Å². The highest BCUT2D eigenvalue weighted by Crippen LogP contribution is 2.40. The molecule has 9 aromatic carbocycles. The van der Waals surface area contributed by atoms with E-state index in [4.69, 9.17) is 0 Å². The number of aromatic nitrogens is 2. The molecule has 0 aliphatic carbocycles. The standard InChI is InChI=1S/C56H36N2S/c1-4-12-39(13-5-1)41-24-29-53-48(34-41)46-32-37(22-27-51(46)57(53)43-16-8-3-9-17-43)20-21-38-23-28-52-47(33-38)49-35-42(40-14-6-2-7-15-40)25-30-54(49)58(52)44-26-31-56-50(36-44)45-18-10-11-19-55(45)59-56/h1-36H/b21-20-. The third-order valence-corrected chi connectivity index (χ3v) is 13.0. The summed E-state index contributed by atoms with van der Waals surface area (Å²) in [6.45, 7) is 0. The molecule has 3 heteroatoms. The second kappa shape index (κ2) is 13.6. The van der Waals surface area contributed by atoms with E-state index in [1.54, 1.807) is 0 Å². The summed E-state index contributed by atoms with van der Waals surface area (Å²) in [7, 11) is 0. The number of rotatable bonds is 6. The van der Waals surface area contributed by atoms with Gasteiger partial charge < -0.3 is 9.13 Å². The van der Waals surface area contributed by atoms with Gasteiger partial charge in [-0.3, -0.25) is 0 Å². The Balaban J connectivity index is 1.000. The molecule has 0 N–H and O–H groups in total. The van der Waals surface area contributed by atoms with Crippen LogP contribution in [0.2, 0.25) is 0 Å². The van der Waals surface area contributed by atoms with E-state index in [-0.39, 0.29) is 0 Å². The summed E-state index contributed by atoms with van der Waals surface area (Å²) < 4.78 is 7.47. The molecule has 0 saturated heterocycles. The molecule has 0 radical (unpaired) electrons.